The van der Waals surface area contributed by atoms with Crippen molar-refractivity contribution in [3.05, 3.63) is 24.0 Å². The van der Waals surface area contributed by atoms with Crippen molar-refractivity contribution in [1.82, 2.24) is 9.88 Å². The Balaban J connectivity index is 1.83. The second kappa shape index (κ2) is 5.36. The van der Waals surface area contributed by atoms with Gasteiger partial charge in [0.1, 0.15) is 0 Å². The lowest BCUT2D eigenvalue weighted by Gasteiger charge is -2.13. The van der Waals surface area contributed by atoms with Gasteiger partial charge in [0.05, 0.1) is 0 Å². The van der Waals surface area contributed by atoms with Crippen molar-refractivity contribution in [2.45, 2.75) is 58.2 Å². The summed E-state index contributed by atoms with van der Waals surface area (Å²) in [5, 5.41) is 3.66. The molecule has 1 aliphatic rings. The van der Waals surface area contributed by atoms with Gasteiger partial charge in [0.25, 0.3) is 0 Å². The average Bonchev–Trinajstić information content (AvgIpc) is 2.85. The number of aromatic nitrogens is 1. The molecule has 1 saturated carbocycles. The molecule has 0 saturated heterocycles. The molecule has 1 aromatic heterocycles. The highest BCUT2D eigenvalue weighted by atomic mass is 15.0. The van der Waals surface area contributed by atoms with E-state index in [4.69, 9.17) is 0 Å². The molecule has 0 bridgehead atoms. The Kier molecular flexibility index (Phi) is 3.84. The molecule has 2 heteroatoms. The van der Waals surface area contributed by atoms with Crippen LogP contribution in [0.3, 0.4) is 0 Å². The van der Waals surface area contributed by atoms with Crippen LogP contribution < -0.4 is 5.32 Å². The molecule has 2 nitrogen and oxygen atoms in total. The first kappa shape index (κ1) is 10.7. The summed E-state index contributed by atoms with van der Waals surface area (Å²) >= 11 is 0. The molecule has 0 atom stereocenters. The Bertz CT molecular complexity index is 284. The molecule has 84 valence electrons. The first-order valence-corrected chi connectivity index (χ1v) is 6.27. The summed E-state index contributed by atoms with van der Waals surface area (Å²) in [4.78, 5) is 0. The number of aryl methyl sites for hydroxylation is 1. The second-order valence-corrected chi connectivity index (χ2v) is 4.56. The van der Waals surface area contributed by atoms with Crippen LogP contribution in [0.2, 0.25) is 0 Å². The van der Waals surface area contributed by atoms with Crippen LogP contribution in [-0.2, 0) is 13.1 Å². The molecule has 0 spiro atoms. The standard InChI is InChI=1S/C13H22N2/c1-2-9-15-10-5-8-13(15)11-14-12-6-3-4-7-12/h5,8,10,12,14H,2-4,6-7,9,11H2,1H3. The third kappa shape index (κ3) is 2.85. The first-order valence-electron chi connectivity index (χ1n) is 6.27. The van der Waals surface area contributed by atoms with Crippen LogP contribution >= 0.6 is 0 Å². The van der Waals surface area contributed by atoms with Crippen molar-refractivity contribution in [3.63, 3.8) is 0 Å². The minimum absolute atomic E-state index is 0.773. The van der Waals surface area contributed by atoms with Gasteiger partial charge in [-0.3, -0.25) is 0 Å². The highest BCUT2D eigenvalue weighted by Gasteiger charge is 2.14. The third-order valence-electron chi connectivity index (χ3n) is 3.32. The van der Waals surface area contributed by atoms with E-state index >= 15 is 0 Å². The van der Waals surface area contributed by atoms with Gasteiger partial charge in [0.15, 0.2) is 0 Å². The number of nitrogens with zero attached hydrogens (tertiary/aromatic N) is 1. The lowest BCUT2D eigenvalue weighted by Crippen LogP contribution is -2.26. The smallest absolute Gasteiger partial charge is 0.0361 e. The summed E-state index contributed by atoms with van der Waals surface area (Å²) in [5.41, 5.74) is 1.43. The summed E-state index contributed by atoms with van der Waals surface area (Å²) in [6.45, 7) is 4.42. The lowest BCUT2D eigenvalue weighted by molar-refractivity contribution is 0.505. The Hall–Kier alpha value is -0.760. The fraction of sp³-hybridized carbons (Fsp3) is 0.692. The van der Waals surface area contributed by atoms with Gasteiger partial charge in [0.2, 0.25) is 0 Å². The van der Waals surface area contributed by atoms with Crippen LogP contribution in [0.4, 0.5) is 0 Å². The van der Waals surface area contributed by atoms with Crippen molar-refractivity contribution >= 4 is 0 Å². The minimum Gasteiger partial charge on any atom is -0.350 e. The first-order chi connectivity index (χ1) is 7.40. The maximum atomic E-state index is 3.66. The number of hydrogen-bond acceptors (Lipinski definition) is 1. The summed E-state index contributed by atoms with van der Waals surface area (Å²) in [6.07, 6.45) is 8.96. The van der Waals surface area contributed by atoms with Crippen LogP contribution in [0, 0.1) is 0 Å². The topological polar surface area (TPSA) is 17.0 Å². The Morgan fingerprint density at radius 2 is 2.20 bits per heavy atom. The van der Waals surface area contributed by atoms with E-state index in [1.807, 2.05) is 0 Å². The molecular weight excluding hydrogens is 184 g/mol. The van der Waals surface area contributed by atoms with Crippen molar-refractivity contribution in [2.75, 3.05) is 0 Å². The molecular formula is C13H22N2. The average molecular weight is 206 g/mol. The fourth-order valence-electron chi connectivity index (χ4n) is 2.45. The molecule has 2 rings (SSSR count). The minimum atomic E-state index is 0.773. The summed E-state index contributed by atoms with van der Waals surface area (Å²) in [6, 6.07) is 5.16. The largest absolute Gasteiger partial charge is 0.350 e. The molecule has 0 amide bonds. The summed E-state index contributed by atoms with van der Waals surface area (Å²) in [7, 11) is 0. The third-order valence-corrected chi connectivity index (χ3v) is 3.32. The monoisotopic (exact) mass is 206 g/mol. The van der Waals surface area contributed by atoms with Crippen LogP contribution in [0.15, 0.2) is 18.3 Å². The molecule has 1 fully saturated rings. The van der Waals surface area contributed by atoms with Crippen LogP contribution in [0.25, 0.3) is 0 Å². The van der Waals surface area contributed by atoms with E-state index in [-0.39, 0.29) is 0 Å². The summed E-state index contributed by atoms with van der Waals surface area (Å²) in [5.74, 6) is 0. The molecule has 0 unspecified atom stereocenters. The highest BCUT2D eigenvalue weighted by molar-refractivity contribution is 5.07. The zero-order valence-corrected chi connectivity index (χ0v) is 9.71. The van der Waals surface area contributed by atoms with Crippen molar-refractivity contribution in [3.8, 4) is 0 Å². The molecule has 1 N–H and O–H groups in total. The van der Waals surface area contributed by atoms with E-state index in [1.54, 1.807) is 0 Å². The SMILES string of the molecule is CCCn1cccc1CNC1CCCC1. The van der Waals surface area contributed by atoms with Gasteiger partial charge in [0, 0.05) is 31.0 Å². The lowest BCUT2D eigenvalue weighted by atomic mass is 10.2. The van der Waals surface area contributed by atoms with Crippen molar-refractivity contribution in [2.24, 2.45) is 0 Å². The van der Waals surface area contributed by atoms with E-state index < -0.39 is 0 Å². The normalized spacial score (nSPS) is 17.4. The molecule has 1 aromatic rings. The van der Waals surface area contributed by atoms with Crippen molar-refractivity contribution < 1.29 is 0 Å². The van der Waals surface area contributed by atoms with Crippen LogP contribution in [-0.4, -0.2) is 10.6 Å². The molecule has 15 heavy (non-hydrogen) atoms. The zero-order chi connectivity index (χ0) is 10.5. The van der Waals surface area contributed by atoms with Gasteiger partial charge in [-0.1, -0.05) is 19.8 Å². The fourth-order valence-corrected chi connectivity index (χ4v) is 2.45. The zero-order valence-electron chi connectivity index (χ0n) is 9.71. The van der Waals surface area contributed by atoms with E-state index in [1.165, 1.54) is 37.8 Å². The predicted molar refractivity (Wildman–Crippen MR) is 63.8 cm³/mol. The molecule has 0 aromatic carbocycles. The Morgan fingerprint density at radius 1 is 1.40 bits per heavy atom. The van der Waals surface area contributed by atoms with Gasteiger partial charge in [-0.05, 0) is 31.4 Å². The van der Waals surface area contributed by atoms with Crippen molar-refractivity contribution in [1.29, 1.82) is 0 Å². The quantitative estimate of drug-likeness (QED) is 0.784. The molecule has 1 heterocycles. The predicted octanol–water partition coefficient (Wildman–Crippen LogP) is 2.93. The maximum absolute atomic E-state index is 3.66. The molecule has 1 aliphatic carbocycles. The van der Waals surface area contributed by atoms with Gasteiger partial charge >= 0.3 is 0 Å². The number of hydrogen-bond donors (Lipinski definition) is 1. The van der Waals surface area contributed by atoms with E-state index in [9.17, 15) is 0 Å². The van der Waals surface area contributed by atoms with Crippen LogP contribution in [0.1, 0.15) is 44.7 Å². The van der Waals surface area contributed by atoms with Crippen LogP contribution in [0.5, 0.6) is 0 Å². The summed E-state index contributed by atoms with van der Waals surface area (Å²) < 4.78 is 2.36. The van der Waals surface area contributed by atoms with E-state index in [0.29, 0.717) is 0 Å². The second-order valence-electron chi connectivity index (χ2n) is 4.56. The molecule has 0 radical (unpaired) electrons. The van der Waals surface area contributed by atoms with Gasteiger partial charge in [-0.15, -0.1) is 0 Å². The highest BCUT2D eigenvalue weighted by Crippen LogP contribution is 2.18. The Morgan fingerprint density at radius 3 is 2.93 bits per heavy atom. The Labute approximate surface area is 92.7 Å². The van der Waals surface area contributed by atoms with Gasteiger partial charge < -0.3 is 9.88 Å². The van der Waals surface area contributed by atoms with Gasteiger partial charge in [-0.2, -0.15) is 0 Å². The van der Waals surface area contributed by atoms with E-state index in [2.05, 4.69) is 35.1 Å². The number of rotatable bonds is 5. The van der Waals surface area contributed by atoms with E-state index in [0.717, 1.165) is 19.1 Å². The number of nitrogens with one attached hydrogen (secondary N) is 1. The maximum Gasteiger partial charge on any atom is 0.0361 e. The molecule has 0 aliphatic heterocycles. The van der Waals surface area contributed by atoms with Gasteiger partial charge in [-0.25, -0.2) is 0 Å².